The fourth-order valence-electron chi connectivity index (χ4n) is 3.30. The smallest absolute Gasteiger partial charge is 0.322 e. The van der Waals surface area contributed by atoms with Crippen molar-refractivity contribution in [3.63, 3.8) is 0 Å². The standard InChI is InChI=1S/C22H21Cl2N5O/c1-15-2-4-16(5-3-15)19-8-9-21(27-26-19)28-10-12-29(13-11-28)22(30)25-20-7-6-17(23)14-18(20)24/h2-9,14H,10-13H2,1H3,(H,25,30). The van der Waals surface area contributed by atoms with Gasteiger partial charge in [0.1, 0.15) is 0 Å². The largest absolute Gasteiger partial charge is 0.352 e. The average molecular weight is 442 g/mol. The van der Waals surface area contributed by atoms with Crippen LogP contribution < -0.4 is 10.2 Å². The normalized spacial score (nSPS) is 14.0. The summed E-state index contributed by atoms with van der Waals surface area (Å²) in [6.45, 7) is 4.58. The van der Waals surface area contributed by atoms with Crippen LogP contribution in [0.3, 0.4) is 0 Å². The minimum Gasteiger partial charge on any atom is -0.352 e. The highest BCUT2D eigenvalue weighted by atomic mass is 35.5. The van der Waals surface area contributed by atoms with E-state index in [9.17, 15) is 4.79 Å². The summed E-state index contributed by atoms with van der Waals surface area (Å²) in [4.78, 5) is 16.4. The third-order valence-corrected chi connectivity index (χ3v) is 5.61. The Morgan fingerprint density at radius 1 is 0.933 bits per heavy atom. The highest BCUT2D eigenvalue weighted by Gasteiger charge is 2.22. The molecule has 1 saturated heterocycles. The number of benzene rings is 2. The van der Waals surface area contributed by atoms with E-state index in [1.807, 2.05) is 24.3 Å². The zero-order chi connectivity index (χ0) is 21.1. The van der Waals surface area contributed by atoms with E-state index in [0.29, 0.717) is 41.9 Å². The highest BCUT2D eigenvalue weighted by molar-refractivity contribution is 6.36. The predicted molar refractivity (Wildman–Crippen MR) is 121 cm³/mol. The lowest BCUT2D eigenvalue weighted by Gasteiger charge is -2.35. The molecule has 0 aliphatic carbocycles. The van der Waals surface area contributed by atoms with Gasteiger partial charge in [-0.25, -0.2) is 4.79 Å². The van der Waals surface area contributed by atoms with E-state index in [-0.39, 0.29) is 6.03 Å². The molecule has 1 N–H and O–H groups in total. The molecule has 154 valence electrons. The first-order valence-corrected chi connectivity index (χ1v) is 10.4. The number of aryl methyl sites for hydroxylation is 1. The van der Waals surface area contributed by atoms with Gasteiger partial charge in [0.2, 0.25) is 0 Å². The molecule has 8 heteroatoms. The number of halogens is 2. The quantitative estimate of drug-likeness (QED) is 0.612. The zero-order valence-electron chi connectivity index (χ0n) is 16.5. The van der Waals surface area contributed by atoms with Gasteiger partial charge in [-0.2, -0.15) is 0 Å². The Balaban J connectivity index is 1.34. The second-order valence-corrected chi connectivity index (χ2v) is 8.01. The van der Waals surface area contributed by atoms with Crippen molar-refractivity contribution in [1.29, 1.82) is 0 Å². The van der Waals surface area contributed by atoms with Crippen molar-refractivity contribution in [1.82, 2.24) is 15.1 Å². The van der Waals surface area contributed by atoms with Gasteiger partial charge in [-0.3, -0.25) is 0 Å². The van der Waals surface area contributed by atoms with E-state index in [0.717, 1.165) is 17.1 Å². The Labute approximate surface area is 185 Å². The molecule has 4 rings (SSSR count). The van der Waals surface area contributed by atoms with E-state index in [4.69, 9.17) is 23.2 Å². The number of carbonyl (C=O) groups is 1. The van der Waals surface area contributed by atoms with Gasteiger partial charge in [-0.15, -0.1) is 10.2 Å². The third kappa shape index (κ3) is 4.66. The molecule has 1 aromatic heterocycles. The summed E-state index contributed by atoms with van der Waals surface area (Å²) in [5.41, 5.74) is 3.65. The maximum atomic E-state index is 12.5. The molecular formula is C22H21Cl2N5O. The molecule has 0 spiro atoms. The number of hydrogen-bond donors (Lipinski definition) is 1. The number of aromatic nitrogens is 2. The van der Waals surface area contributed by atoms with E-state index in [1.54, 1.807) is 23.1 Å². The minimum absolute atomic E-state index is 0.181. The monoisotopic (exact) mass is 441 g/mol. The Morgan fingerprint density at radius 3 is 2.30 bits per heavy atom. The van der Waals surface area contributed by atoms with Crippen molar-refractivity contribution >= 4 is 40.7 Å². The van der Waals surface area contributed by atoms with Crippen LogP contribution >= 0.6 is 23.2 Å². The summed E-state index contributed by atoms with van der Waals surface area (Å²) in [6, 6.07) is 17.0. The van der Waals surface area contributed by atoms with Gasteiger partial charge in [-0.05, 0) is 37.3 Å². The molecule has 6 nitrogen and oxygen atoms in total. The van der Waals surface area contributed by atoms with Crippen LogP contribution in [0, 0.1) is 6.92 Å². The first-order valence-electron chi connectivity index (χ1n) is 9.66. The van der Waals surface area contributed by atoms with Crippen molar-refractivity contribution in [3.05, 3.63) is 70.2 Å². The lowest BCUT2D eigenvalue weighted by Crippen LogP contribution is -2.50. The van der Waals surface area contributed by atoms with Crippen LogP contribution in [0.2, 0.25) is 10.0 Å². The Morgan fingerprint density at radius 2 is 1.67 bits per heavy atom. The van der Waals surface area contributed by atoms with Crippen LogP contribution in [0.25, 0.3) is 11.3 Å². The second kappa shape index (κ2) is 8.90. The van der Waals surface area contributed by atoms with Gasteiger partial charge in [0, 0.05) is 36.8 Å². The number of hydrogen-bond acceptors (Lipinski definition) is 4. The van der Waals surface area contributed by atoms with E-state index in [1.165, 1.54) is 5.56 Å². The maximum Gasteiger partial charge on any atom is 0.322 e. The lowest BCUT2D eigenvalue weighted by atomic mass is 10.1. The summed E-state index contributed by atoms with van der Waals surface area (Å²) < 4.78 is 0. The van der Waals surface area contributed by atoms with Crippen molar-refractivity contribution in [3.8, 4) is 11.3 Å². The topological polar surface area (TPSA) is 61.4 Å². The number of anilines is 2. The van der Waals surface area contributed by atoms with Crippen molar-refractivity contribution < 1.29 is 4.79 Å². The van der Waals surface area contributed by atoms with Crippen LogP contribution in [0.15, 0.2) is 54.6 Å². The molecule has 2 heterocycles. The van der Waals surface area contributed by atoms with Crippen molar-refractivity contribution in [2.75, 3.05) is 36.4 Å². The molecule has 0 atom stereocenters. The van der Waals surface area contributed by atoms with Gasteiger partial charge in [-0.1, -0.05) is 53.0 Å². The Hall–Kier alpha value is -2.83. The van der Waals surface area contributed by atoms with Crippen LogP contribution in [-0.2, 0) is 0 Å². The summed E-state index contributed by atoms with van der Waals surface area (Å²) in [7, 11) is 0. The fourth-order valence-corrected chi connectivity index (χ4v) is 3.75. The molecule has 3 aromatic rings. The molecule has 0 saturated carbocycles. The molecule has 30 heavy (non-hydrogen) atoms. The number of carbonyl (C=O) groups excluding carboxylic acids is 1. The maximum absolute atomic E-state index is 12.5. The number of nitrogens with one attached hydrogen (secondary N) is 1. The van der Waals surface area contributed by atoms with Gasteiger partial charge in [0.15, 0.2) is 5.82 Å². The molecule has 1 fully saturated rings. The van der Waals surface area contributed by atoms with Crippen LogP contribution in [0.4, 0.5) is 16.3 Å². The van der Waals surface area contributed by atoms with E-state index in [2.05, 4.69) is 39.5 Å². The molecule has 0 unspecified atom stereocenters. The number of urea groups is 1. The number of nitrogens with zero attached hydrogens (tertiary/aromatic N) is 4. The summed E-state index contributed by atoms with van der Waals surface area (Å²) in [5, 5.41) is 12.5. The molecule has 1 aliphatic rings. The van der Waals surface area contributed by atoms with E-state index >= 15 is 0 Å². The second-order valence-electron chi connectivity index (χ2n) is 7.17. The lowest BCUT2D eigenvalue weighted by molar-refractivity contribution is 0.208. The highest BCUT2D eigenvalue weighted by Crippen LogP contribution is 2.26. The zero-order valence-corrected chi connectivity index (χ0v) is 18.0. The molecule has 2 amide bonds. The summed E-state index contributed by atoms with van der Waals surface area (Å²) in [6.07, 6.45) is 0. The minimum atomic E-state index is -0.181. The fraction of sp³-hybridized carbons (Fsp3) is 0.227. The van der Waals surface area contributed by atoms with Gasteiger partial charge >= 0.3 is 6.03 Å². The molecule has 1 aliphatic heterocycles. The third-order valence-electron chi connectivity index (χ3n) is 5.06. The first-order chi connectivity index (χ1) is 14.5. The number of piperazine rings is 1. The molecule has 0 radical (unpaired) electrons. The average Bonchev–Trinajstić information content (AvgIpc) is 2.76. The Bertz CT molecular complexity index is 1030. The van der Waals surface area contributed by atoms with Gasteiger partial charge in [0.05, 0.1) is 16.4 Å². The van der Waals surface area contributed by atoms with Crippen LogP contribution in [-0.4, -0.2) is 47.3 Å². The predicted octanol–water partition coefficient (Wildman–Crippen LogP) is 5.11. The Kier molecular flexibility index (Phi) is 6.06. The van der Waals surface area contributed by atoms with Gasteiger partial charge < -0.3 is 15.1 Å². The number of rotatable bonds is 3. The SMILES string of the molecule is Cc1ccc(-c2ccc(N3CCN(C(=O)Nc4ccc(Cl)cc4Cl)CC3)nn2)cc1. The van der Waals surface area contributed by atoms with E-state index < -0.39 is 0 Å². The van der Waals surface area contributed by atoms with Gasteiger partial charge in [0.25, 0.3) is 0 Å². The molecular weight excluding hydrogens is 421 g/mol. The van der Waals surface area contributed by atoms with Crippen molar-refractivity contribution in [2.24, 2.45) is 0 Å². The molecule has 2 aromatic carbocycles. The summed E-state index contributed by atoms with van der Waals surface area (Å²) in [5.74, 6) is 0.812. The van der Waals surface area contributed by atoms with Crippen LogP contribution in [0.5, 0.6) is 0 Å². The molecule has 0 bridgehead atoms. The van der Waals surface area contributed by atoms with Crippen LogP contribution in [0.1, 0.15) is 5.56 Å². The number of amides is 2. The first kappa shape index (κ1) is 20.4. The van der Waals surface area contributed by atoms with Crippen molar-refractivity contribution in [2.45, 2.75) is 6.92 Å². The summed E-state index contributed by atoms with van der Waals surface area (Å²) >= 11 is 12.0.